The smallest absolute Gasteiger partial charge is 0.341 e. The minimum Gasteiger partial charge on any atom is -0.486 e. The van der Waals surface area contributed by atoms with Crippen molar-refractivity contribution in [2.45, 2.75) is 38.2 Å². The van der Waals surface area contributed by atoms with E-state index in [1.165, 1.54) is 22.4 Å². The van der Waals surface area contributed by atoms with Gasteiger partial charge in [-0.25, -0.2) is 9.18 Å². The Kier molecular flexibility index (Phi) is 7.26. The molecule has 0 spiro atoms. The van der Waals surface area contributed by atoms with E-state index >= 15 is 0 Å². The number of para-hydroxylation sites is 2. The fourth-order valence-electron chi connectivity index (χ4n) is 5.09. The van der Waals surface area contributed by atoms with E-state index in [4.69, 9.17) is 14.6 Å². The Balaban J connectivity index is 1.30. The number of aliphatic carboxylic acids is 1. The quantitative estimate of drug-likeness (QED) is 0.262. The highest BCUT2D eigenvalue weighted by molar-refractivity contribution is 5.86. The van der Waals surface area contributed by atoms with E-state index in [-0.39, 0.29) is 11.9 Å². The molecule has 1 aliphatic rings. The second-order valence-corrected chi connectivity index (χ2v) is 9.52. The molecule has 1 N–H and O–H groups in total. The standard InChI is InChI=1S/C31H30FNO4/c1-21(25-13-7-10-22-9-2-3-12-26(22)25)8-6-11-24-19-33(28-14-4-5-15-29(28)37-24)23-16-17-27(32)30(18-23)36-20-31(34)35/h2-5,7,9-10,12-18,21,24H,6,8,11,19-20H2,1H3,(H,34,35)/t21-,24?/m0/s1. The molecule has 0 bridgehead atoms. The van der Waals surface area contributed by atoms with Crippen LogP contribution in [0.25, 0.3) is 10.8 Å². The van der Waals surface area contributed by atoms with Crippen LogP contribution in [-0.4, -0.2) is 30.3 Å². The number of hydrogen-bond acceptors (Lipinski definition) is 4. The summed E-state index contributed by atoms with van der Waals surface area (Å²) >= 11 is 0. The third kappa shape index (κ3) is 5.53. The van der Waals surface area contributed by atoms with Crippen molar-refractivity contribution in [2.75, 3.05) is 18.1 Å². The van der Waals surface area contributed by atoms with Gasteiger partial charge in [0, 0.05) is 11.8 Å². The average Bonchev–Trinajstić information content (AvgIpc) is 2.91. The van der Waals surface area contributed by atoms with E-state index in [1.807, 2.05) is 24.3 Å². The number of carbonyl (C=O) groups is 1. The molecule has 0 saturated heterocycles. The van der Waals surface area contributed by atoms with Gasteiger partial charge in [-0.05, 0) is 65.8 Å². The van der Waals surface area contributed by atoms with Crippen LogP contribution in [0.5, 0.6) is 11.5 Å². The molecule has 0 aromatic heterocycles. The van der Waals surface area contributed by atoms with Crippen molar-refractivity contribution >= 4 is 28.1 Å². The first-order chi connectivity index (χ1) is 18.0. The van der Waals surface area contributed by atoms with Gasteiger partial charge in [0.2, 0.25) is 0 Å². The highest BCUT2D eigenvalue weighted by Gasteiger charge is 2.27. The third-order valence-corrected chi connectivity index (χ3v) is 6.93. The number of nitrogens with zero attached hydrogens (tertiary/aromatic N) is 1. The van der Waals surface area contributed by atoms with E-state index in [0.717, 1.165) is 36.4 Å². The van der Waals surface area contributed by atoms with Crippen LogP contribution in [0, 0.1) is 5.82 Å². The summed E-state index contributed by atoms with van der Waals surface area (Å²) in [7, 11) is 0. The monoisotopic (exact) mass is 499 g/mol. The normalized spacial score (nSPS) is 15.6. The summed E-state index contributed by atoms with van der Waals surface area (Å²) < 4.78 is 25.8. The molecular weight excluding hydrogens is 469 g/mol. The van der Waals surface area contributed by atoms with E-state index in [0.29, 0.717) is 12.5 Å². The maximum atomic E-state index is 14.3. The van der Waals surface area contributed by atoms with Gasteiger partial charge in [-0.2, -0.15) is 0 Å². The zero-order chi connectivity index (χ0) is 25.8. The number of carboxylic acids is 1. The number of fused-ring (bicyclic) bond motifs is 2. The van der Waals surface area contributed by atoms with Crippen molar-refractivity contribution in [3.63, 3.8) is 0 Å². The SMILES string of the molecule is C[C@@H](CCCC1CN(c2ccc(F)c(OCC(=O)O)c2)c2ccccc2O1)c1cccc2ccccc12. The molecule has 1 unspecified atom stereocenters. The van der Waals surface area contributed by atoms with Gasteiger partial charge < -0.3 is 19.5 Å². The van der Waals surface area contributed by atoms with Crippen molar-refractivity contribution in [2.24, 2.45) is 0 Å². The maximum absolute atomic E-state index is 14.3. The van der Waals surface area contributed by atoms with Gasteiger partial charge in [0.1, 0.15) is 11.9 Å². The van der Waals surface area contributed by atoms with E-state index in [1.54, 1.807) is 12.1 Å². The van der Waals surface area contributed by atoms with Gasteiger partial charge in [0.25, 0.3) is 0 Å². The van der Waals surface area contributed by atoms with Gasteiger partial charge in [0.05, 0.1) is 12.2 Å². The van der Waals surface area contributed by atoms with E-state index in [2.05, 4.69) is 54.3 Å². The summed E-state index contributed by atoms with van der Waals surface area (Å²) in [6.45, 7) is 2.28. The fraction of sp³-hybridized carbons (Fsp3) is 0.258. The van der Waals surface area contributed by atoms with Gasteiger partial charge >= 0.3 is 5.97 Å². The van der Waals surface area contributed by atoms with Crippen molar-refractivity contribution in [1.82, 2.24) is 0 Å². The van der Waals surface area contributed by atoms with Crippen LogP contribution in [-0.2, 0) is 4.79 Å². The zero-order valence-electron chi connectivity index (χ0n) is 20.8. The molecular formula is C31H30FNO4. The lowest BCUT2D eigenvalue weighted by molar-refractivity contribution is -0.139. The Morgan fingerprint density at radius 3 is 2.73 bits per heavy atom. The van der Waals surface area contributed by atoms with Crippen molar-refractivity contribution in [3.05, 3.63) is 96.3 Å². The van der Waals surface area contributed by atoms with Crippen LogP contribution in [0.1, 0.15) is 37.7 Å². The number of benzene rings is 4. The van der Waals surface area contributed by atoms with Crippen molar-refractivity contribution in [3.8, 4) is 11.5 Å². The molecule has 0 amide bonds. The first kappa shape index (κ1) is 24.6. The third-order valence-electron chi connectivity index (χ3n) is 6.93. The van der Waals surface area contributed by atoms with Crippen LogP contribution < -0.4 is 14.4 Å². The van der Waals surface area contributed by atoms with Crippen molar-refractivity contribution in [1.29, 1.82) is 0 Å². The molecule has 5 rings (SSSR count). The Bertz CT molecular complexity index is 1400. The molecule has 37 heavy (non-hydrogen) atoms. The Labute approximate surface area is 216 Å². The molecule has 0 radical (unpaired) electrons. The number of carboxylic acid groups (broad SMARTS) is 1. The molecule has 0 fully saturated rings. The summed E-state index contributed by atoms with van der Waals surface area (Å²) in [6.07, 6.45) is 2.88. The number of halogens is 1. The van der Waals surface area contributed by atoms with Gasteiger partial charge in [-0.3, -0.25) is 0 Å². The molecule has 1 heterocycles. The first-order valence-corrected chi connectivity index (χ1v) is 12.6. The molecule has 4 aromatic carbocycles. The first-order valence-electron chi connectivity index (χ1n) is 12.6. The Morgan fingerprint density at radius 1 is 1.08 bits per heavy atom. The maximum Gasteiger partial charge on any atom is 0.341 e. The van der Waals surface area contributed by atoms with E-state index in [9.17, 15) is 9.18 Å². The minimum atomic E-state index is -1.15. The lowest BCUT2D eigenvalue weighted by atomic mass is 9.90. The van der Waals surface area contributed by atoms with Crippen molar-refractivity contribution < 1.29 is 23.8 Å². The van der Waals surface area contributed by atoms with Crippen LogP contribution in [0.4, 0.5) is 15.8 Å². The zero-order valence-corrected chi connectivity index (χ0v) is 20.8. The fourth-order valence-corrected chi connectivity index (χ4v) is 5.09. The lowest BCUT2D eigenvalue weighted by Gasteiger charge is -2.36. The summed E-state index contributed by atoms with van der Waals surface area (Å²) in [5.74, 6) is -0.628. The molecule has 6 heteroatoms. The summed E-state index contributed by atoms with van der Waals surface area (Å²) in [4.78, 5) is 13.0. The van der Waals surface area contributed by atoms with Crippen LogP contribution >= 0.6 is 0 Å². The lowest BCUT2D eigenvalue weighted by Crippen LogP contribution is -2.37. The van der Waals surface area contributed by atoms with Crippen LogP contribution in [0.3, 0.4) is 0 Å². The van der Waals surface area contributed by atoms with E-state index < -0.39 is 18.4 Å². The molecule has 190 valence electrons. The summed E-state index contributed by atoms with van der Waals surface area (Å²) in [6, 6.07) is 27.4. The molecule has 1 aliphatic heterocycles. The van der Waals surface area contributed by atoms with Gasteiger partial charge in [-0.15, -0.1) is 0 Å². The minimum absolute atomic E-state index is 0.0388. The topological polar surface area (TPSA) is 59.0 Å². The second kappa shape index (κ2) is 10.9. The number of ether oxygens (including phenoxy) is 2. The number of hydrogen-bond donors (Lipinski definition) is 1. The number of rotatable bonds is 9. The molecule has 4 aromatic rings. The summed E-state index contributed by atoms with van der Waals surface area (Å²) in [5.41, 5.74) is 2.99. The second-order valence-electron chi connectivity index (χ2n) is 9.52. The highest BCUT2D eigenvalue weighted by Crippen LogP contribution is 2.40. The van der Waals surface area contributed by atoms with Gasteiger partial charge in [0.15, 0.2) is 18.2 Å². The number of anilines is 2. The predicted molar refractivity (Wildman–Crippen MR) is 144 cm³/mol. The van der Waals surface area contributed by atoms with Gasteiger partial charge in [-0.1, -0.05) is 61.5 Å². The average molecular weight is 500 g/mol. The molecule has 0 saturated carbocycles. The Morgan fingerprint density at radius 2 is 1.86 bits per heavy atom. The molecule has 0 aliphatic carbocycles. The summed E-state index contributed by atoms with van der Waals surface area (Å²) in [5, 5.41) is 11.5. The Hall–Kier alpha value is -4.06. The van der Waals surface area contributed by atoms with Crippen LogP contribution in [0.2, 0.25) is 0 Å². The highest BCUT2D eigenvalue weighted by atomic mass is 19.1. The molecule has 2 atom stereocenters. The molecule has 5 nitrogen and oxygen atoms in total. The predicted octanol–water partition coefficient (Wildman–Crippen LogP) is 7.32. The van der Waals surface area contributed by atoms with Crippen LogP contribution in [0.15, 0.2) is 84.9 Å². The largest absolute Gasteiger partial charge is 0.486 e.